The minimum Gasteiger partial charge on any atom is -0.389 e. The van der Waals surface area contributed by atoms with Crippen LogP contribution in [0.2, 0.25) is 5.02 Å². The number of rotatable bonds is 5. The Bertz CT molecular complexity index is 493. The van der Waals surface area contributed by atoms with Crippen LogP contribution in [0.3, 0.4) is 0 Å². The molecule has 0 bridgehead atoms. The molecule has 0 unspecified atom stereocenters. The number of hydrogen-bond acceptors (Lipinski definition) is 5. The summed E-state index contributed by atoms with van der Waals surface area (Å²) in [7, 11) is 0. The molecule has 1 heterocycles. The molecule has 1 fully saturated rings. The Hall–Kier alpha value is -0.820. The zero-order chi connectivity index (χ0) is 14.6. The van der Waals surface area contributed by atoms with Crippen molar-refractivity contribution in [2.24, 2.45) is 0 Å². The van der Waals surface area contributed by atoms with Gasteiger partial charge in [0.15, 0.2) is 0 Å². The van der Waals surface area contributed by atoms with E-state index in [1.165, 1.54) is 18.2 Å². The molecule has 7 heteroatoms. The summed E-state index contributed by atoms with van der Waals surface area (Å²) < 4.78 is 0. The van der Waals surface area contributed by atoms with Crippen molar-refractivity contribution in [3.05, 3.63) is 38.9 Å². The van der Waals surface area contributed by atoms with E-state index in [1.54, 1.807) is 0 Å². The van der Waals surface area contributed by atoms with E-state index in [9.17, 15) is 15.2 Å². The maximum atomic E-state index is 10.7. The fraction of sp³-hybridized carbons (Fsp3) is 0.538. The van der Waals surface area contributed by atoms with Gasteiger partial charge in [-0.2, -0.15) is 11.8 Å². The minimum atomic E-state index is -0.668. The van der Waals surface area contributed by atoms with Crippen molar-refractivity contribution in [2.75, 3.05) is 18.1 Å². The van der Waals surface area contributed by atoms with E-state index in [4.69, 9.17) is 11.6 Å². The lowest BCUT2D eigenvalue weighted by atomic mass is 9.97. The molecule has 5 nitrogen and oxygen atoms in total. The van der Waals surface area contributed by atoms with E-state index in [2.05, 4.69) is 5.32 Å². The van der Waals surface area contributed by atoms with Gasteiger partial charge in [0.1, 0.15) is 0 Å². The fourth-order valence-electron chi connectivity index (χ4n) is 2.17. The van der Waals surface area contributed by atoms with E-state index in [-0.39, 0.29) is 5.69 Å². The van der Waals surface area contributed by atoms with Gasteiger partial charge in [-0.3, -0.25) is 10.1 Å². The largest absolute Gasteiger partial charge is 0.389 e. The Morgan fingerprint density at radius 3 is 2.80 bits per heavy atom. The average Bonchev–Trinajstić information content (AvgIpc) is 2.41. The maximum Gasteiger partial charge on any atom is 0.269 e. The Balaban J connectivity index is 1.93. The average molecular weight is 317 g/mol. The minimum absolute atomic E-state index is 0.0268. The van der Waals surface area contributed by atoms with Gasteiger partial charge in [0.2, 0.25) is 0 Å². The number of nitrogens with zero attached hydrogens (tertiary/aromatic N) is 1. The molecule has 2 N–H and O–H groups in total. The molecule has 0 atom stereocenters. The van der Waals surface area contributed by atoms with Crippen molar-refractivity contribution in [3.8, 4) is 0 Å². The first kappa shape index (κ1) is 15.6. The van der Waals surface area contributed by atoms with E-state index in [1.807, 2.05) is 11.8 Å². The van der Waals surface area contributed by atoms with Crippen LogP contribution in [0.25, 0.3) is 0 Å². The molecule has 1 saturated heterocycles. The summed E-state index contributed by atoms with van der Waals surface area (Å²) in [6, 6.07) is 4.39. The summed E-state index contributed by atoms with van der Waals surface area (Å²) in [6.07, 6.45) is 1.54. The molecule has 110 valence electrons. The molecule has 20 heavy (non-hydrogen) atoms. The predicted molar refractivity (Wildman–Crippen MR) is 81.3 cm³/mol. The number of nitrogens with one attached hydrogen (secondary N) is 1. The first-order valence-corrected chi connectivity index (χ1v) is 7.97. The van der Waals surface area contributed by atoms with Crippen molar-refractivity contribution in [1.82, 2.24) is 5.32 Å². The summed E-state index contributed by atoms with van der Waals surface area (Å²) in [6.45, 7) is 0.891. The normalized spacial score (nSPS) is 17.9. The standard InChI is InChI=1S/C13H17ClN2O3S/c14-12-2-1-11(16(18)19)7-10(12)8-15-9-13(17)3-5-20-6-4-13/h1-2,7,15,17H,3-6,8-9H2. The molecule has 1 aliphatic rings. The molecule has 0 saturated carbocycles. The van der Waals surface area contributed by atoms with Crippen LogP contribution in [0, 0.1) is 10.1 Å². The smallest absolute Gasteiger partial charge is 0.269 e. The SMILES string of the molecule is O=[N+]([O-])c1ccc(Cl)c(CNCC2(O)CCSCC2)c1. The molecule has 1 aromatic rings. The van der Waals surface area contributed by atoms with Crippen molar-refractivity contribution < 1.29 is 10.0 Å². The zero-order valence-corrected chi connectivity index (χ0v) is 12.5. The highest BCUT2D eigenvalue weighted by Crippen LogP contribution is 2.27. The number of non-ortho nitro benzene ring substituents is 1. The topological polar surface area (TPSA) is 75.4 Å². The van der Waals surface area contributed by atoms with Crippen molar-refractivity contribution in [2.45, 2.75) is 25.0 Å². The third kappa shape index (κ3) is 4.09. The van der Waals surface area contributed by atoms with Crippen LogP contribution in [0.5, 0.6) is 0 Å². The van der Waals surface area contributed by atoms with Gasteiger partial charge < -0.3 is 10.4 Å². The second kappa shape index (κ2) is 6.76. The quantitative estimate of drug-likeness (QED) is 0.645. The lowest BCUT2D eigenvalue weighted by Crippen LogP contribution is -2.43. The van der Waals surface area contributed by atoms with Gasteiger partial charge in [-0.15, -0.1) is 0 Å². The summed E-state index contributed by atoms with van der Waals surface area (Å²) >= 11 is 7.88. The van der Waals surface area contributed by atoms with E-state index in [0.29, 0.717) is 23.7 Å². The summed E-state index contributed by atoms with van der Waals surface area (Å²) in [5.41, 5.74) is 0.0342. The van der Waals surface area contributed by atoms with Gasteiger partial charge in [0.05, 0.1) is 10.5 Å². The number of nitro groups is 1. The molecule has 0 aromatic heterocycles. The van der Waals surface area contributed by atoms with Crippen LogP contribution in [-0.2, 0) is 6.54 Å². The second-order valence-electron chi connectivity index (χ2n) is 4.97. The summed E-state index contributed by atoms with van der Waals surface area (Å²) in [4.78, 5) is 10.3. The lowest BCUT2D eigenvalue weighted by molar-refractivity contribution is -0.384. The highest BCUT2D eigenvalue weighted by Gasteiger charge is 2.28. The van der Waals surface area contributed by atoms with E-state index >= 15 is 0 Å². The van der Waals surface area contributed by atoms with E-state index < -0.39 is 10.5 Å². The summed E-state index contributed by atoms with van der Waals surface area (Å²) in [5.74, 6) is 1.94. The maximum absolute atomic E-state index is 10.7. The Labute approximate surface area is 126 Å². The van der Waals surface area contributed by atoms with Crippen LogP contribution >= 0.6 is 23.4 Å². The zero-order valence-electron chi connectivity index (χ0n) is 11.0. The van der Waals surface area contributed by atoms with Gasteiger partial charge in [-0.1, -0.05) is 11.6 Å². The lowest BCUT2D eigenvalue weighted by Gasteiger charge is -2.32. The molecule has 2 rings (SSSR count). The Morgan fingerprint density at radius 1 is 1.45 bits per heavy atom. The first-order chi connectivity index (χ1) is 9.50. The van der Waals surface area contributed by atoms with Crippen LogP contribution < -0.4 is 5.32 Å². The van der Waals surface area contributed by atoms with Gasteiger partial charge in [-0.25, -0.2) is 0 Å². The number of aliphatic hydroxyl groups is 1. The van der Waals surface area contributed by atoms with Gasteiger partial charge >= 0.3 is 0 Å². The highest BCUT2D eigenvalue weighted by atomic mass is 35.5. The molecule has 1 aromatic carbocycles. The third-order valence-corrected chi connectivity index (χ3v) is 4.79. The van der Waals surface area contributed by atoms with Crippen LogP contribution in [0.4, 0.5) is 5.69 Å². The van der Waals surface area contributed by atoms with Crippen molar-refractivity contribution >= 4 is 29.1 Å². The van der Waals surface area contributed by atoms with Crippen LogP contribution in [-0.4, -0.2) is 33.7 Å². The van der Waals surface area contributed by atoms with Crippen molar-refractivity contribution in [1.29, 1.82) is 0 Å². The van der Waals surface area contributed by atoms with Gasteiger partial charge in [0.25, 0.3) is 5.69 Å². The number of thioether (sulfide) groups is 1. The molecular weight excluding hydrogens is 300 g/mol. The molecule has 0 aliphatic carbocycles. The van der Waals surface area contributed by atoms with Crippen LogP contribution in [0.15, 0.2) is 18.2 Å². The Kier molecular flexibility index (Phi) is 5.26. The monoisotopic (exact) mass is 316 g/mol. The molecule has 0 radical (unpaired) electrons. The van der Waals surface area contributed by atoms with Gasteiger partial charge in [-0.05, 0) is 36.0 Å². The van der Waals surface area contributed by atoms with E-state index in [0.717, 1.165) is 24.3 Å². The van der Waals surface area contributed by atoms with Gasteiger partial charge in [0, 0.05) is 30.2 Å². The molecular formula is C13H17ClN2O3S. The van der Waals surface area contributed by atoms with Crippen molar-refractivity contribution in [3.63, 3.8) is 0 Å². The second-order valence-corrected chi connectivity index (χ2v) is 6.61. The van der Waals surface area contributed by atoms with Crippen LogP contribution in [0.1, 0.15) is 18.4 Å². The fourth-order valence-corrected chi connectivity index (χ4v) is 3.61. The number of nitro benzene ring substituents is 1. The molecule has 0 amide bonds. The number of halogens is 1. The predicted octanol–water partition coefficient (Wildman–Crippen LogP) is 2.60. The highest BCUT2D eigenvalue weighted by molar-refractivity contribution is 7.99. The number of benzene rings is 1. The molecule has 1 aliphatic heterocycles. The summed E-state index contributed by atoms with van der Waals surface area (Å²) in [5, 5.41) is 24.7. The number of hydrogen-bond donors (Lipinski definition) is 2. The first-order valence-electron chi connectivity index (χ1n) is 6.44. The Morgan fingerprint density at radius 2 is 2.15 bits per heavy atom. The molecule has 0 spiro atoms. The third-order valence-electron chi connectivity index (χ3n) is 3.43.